The monoisotopic (exact) mass is 582 g/mol. The van der Waals surface area contributed by atoms with Gasteiger partial charge in [0, 0.05) is 37.2 Å². The molecule has 5 N–H and O–H groups in total. The van der Waals surface area contributed by atoms with Crippen LogP contribution in [0, 0.1) is 16.0 Å². The number of carbonyl (C=O) groups excluding carboxylic acids is 4. The Kier molecular flexibility index (Phi) is 11.1. The van der Waals surface area contributed by atoms with Gasteiger partial charge in [-0.05, 0) is 30.0 Å². The zero-order valence-corrected chi connectivity index (χ0v) is 23.2. The number of nitrogens with one attached hydrogen (secondary N) is 4. The summed E-state index contributed by atoms with van der Waals surface area (Å²) in [5.41, 5.74) is 3.80. The summed E-state index contributed by atoms with van der Waals surface area (Å²) in [6, 6.07) is 11.2. The first kappa shape index (κ1) is 31.7. The van der Waals surface area contributed by atoms with E-state index in [4.69, 9.17) is 5.11 Å². The highest BCUT2D eigenvalue weighted by atomic mass is 16.6. The average Bonchev–Trinajstić information content (AvgIpc) is 3.45. The number of hydrazine groups is 1. The fraction of sp³-hybridized carbons (Fsp3) is 0.393. The summed E-state index contributed by atoms with van der Waals surface area (Å²) in [6.45, 7) is 3.72. The molecular weight excluding hydrogens is 548 g/mol. The Balaban J connectivity index is 1.75. The molecule has 14 nitrogen and oxygen atoms in total. The third-order valence-corrected chi connectivity index (χ3v) is 6.63. The van der Waals surface area contributed by atoms with Crippen molar-refractivity contribution in [3.63, 3.8) is 0 Å². The van der Waals surface area contributed by atoms with E-state index >= 15 is 0 Å². The minimum Gasteiger partial charge on any atom is -0.481 e. The van der Waals surface area contributed by atoms with Crippen molar-refractivity contribution < 1.29 is 34.0 Å². The zero-order chi connectivity index (χ0) is 30.8. The lowest BCUT2D eigenvalue weighted by Crippen LogP contribution is -2.59. The molecule has 4 amide bonds. The van der Waals surface area contributed by atoms with Crippen LogP contribution >= 0.6 is 0 Å². The van der Waals surface area contributed by atoms with Crippen LogP contribution in [-0.4, -0.2) is 69.3 Å². The molecule has 3 rings (SSSR count). The number of nitrogens with zero attached hydrogens (tertiary/aromatic N) is 2. The molecule has 0 radical (unpaired) electrons. The normalized spacial score (nSPS) is 15.9. The number of carboxylic acid groups (broad SMARTS) is 1. The molecule has 0 aliphatic carbocycles. The Bertz CT molecular complexity index is 1300. The lowest BCUT2D eigenvalue weighted by molar-refractivity contribution is -0.384. The van der Waals surface area contributed by atoms with Gasteiger partial charge in [0.05, 0.1) is 11.3 Å². The van der Waals surface area contributed by atoms with Crippen LogP contribution in [0.15, 0.2) is 54.6 Å². The van der Waals surface area contributed by atoms with E-state index in [1.807, 2.05) is 6.07 Å². The molecule has 2 aromatic carbocycles. The average molecular weight is 583 g/mol. The minimum atomic E-state index is -1.14. The number of rotatable bonds is 13. The third kappa shape index (κ3) is 8.83. The molecule has 42 heavy (non-hydrogen) atoms. The molecule has 1 aliphatic rings. The molecule has 0 unspecified atom stereocenters. The van der Waals surface area contributed by atoms with Crippen LogP contribution < -0.4 is 21.4 Å². The maximum atomic E-state index is 13.5. The van der Waals surface area contributed by atoms with E-state index in [1.165, 1.54) is 24.3 Å². The van der Waals surface area contributed by atoms with Crippen molar-refractivity contribution in [2.45, 2.75) is 57.7 Å². The van der Waals surface area contributed by atoms with Crippen molar-refractivity contribution in [1.82, 2.24) is 21.1 Å². The fourth-order valence-corrected chi connectivity index (χ4v) is 4.39. The smallest absolute Gasteiger partial charge is 0.303 e. The molecule has 224 valence electrons. The molecule has 0 saturated carbocycles. The Morgan fingerprint density at radius 1 is 1.02 bits per heavy atom. The van der Waals surface area contributed by atoms with E-state index in [2.05, 4.69) is 21.4 Å². The number of amides is 4. The van der Waals surface area contributed by atoms with Crippen molar-refractivity contribution in [2.75, 3.05) is 11.9 Å². The van der Waals surface area contributed by atoms with E-state index < -0.39 is 52.6 Å². The SMILES string of the molecule is CC(C)[C@H](NC(=O)CCC(=O)O)C(=O)N1NCC[C@H]1C(=O)N[C@@H](Cc1ccccc1)C(=O)Nc1ccc([N+](=O)[O-])cc1. The number of hydrogen-bond donors (Lipinski definition) is 5. The molecule has 2 aromatic rings. The van der Waals surface area contributed by atoms with Gasteiger partial charge in [0.1, 0.15) is 18.1 Å². The number of aliphatic carboxylic acids is 1. The van der Waals surface area contributed by atoms with Gasteiger partial charge in [0.15, 0.2) is 0 Å². The van der Waals surface area contributed by atoms with Gasteiger partial charge in [-0.25, -0.2) is 5.43 Å². The van der Waals surface area contributed by atoms with Crippen LogP contribution in [0.25, 0.3) is 0 Å². The van der Waals surface area contributed by atoms with Gasteiger partial charge >= 0.3 is 5.97 Å². The number of nitro groups is 1. The Labute approximate surface area is 242 Å². The maximum absolute atomic E-state index is 13.5. The van der Waals surface area contributed by atoms with E-state index in [9.17, 15) is 34.1 Å². The molecule has 3 atom stereocenters. The number of anilines is 1. The van der Waals surface area contributed by atoms with E-state index in [0.29, 0.717) is 12.2 Å². The Morgan fingerprint density at radius 3 is 2.29 bits per heavy atom. The molecule has 0 spiro atoms. The Hall–Kier alpha value is -4.85. The van der Waals surface area contributed by atoms with Crippen LogP contribution in [-0.2, 0) is 30.4 Å². The van der Waals surface area contributed by atoms with E-state index in [0.717, 1.165) is 10.6 Å². The van der Waals surface area contributed by atoms with E-state index in [-0.39, 0.29) is 37.3 Å². The summed E-state index contributed by atoms with van der Waals surface area (Å²) in [5.74, 6) is -3.82. The summed E-state index contributed by atoms with van der Waals surface area (Å²) in [4.78, 5) is 73.7. The van der Waals surface area contributed by atoms with Crippen molar-refractivity contribution in [2.24, 2.45) is 5.92 Å². The molecule has 1 heterocycles. The van der Waals surface area contributed by atoms with Gasteiger partial charge < -0.3 is 21.1 Å². The standard InChI is InChI=1S/C28H34N6O8/c1-17(2)25(32-23(35)12-13-24(36)37)28(40)33-22(14-15-29-33)27(39)31-21(16-18-6-4-3-5-7-18)26(38)30-19-8-10-20(11-9-19)34(41)42/h3-11,17,21-22,25,29H,12-16H2,1-2H3,(H,30,38)(H,31,39)(H,32,35)(H,36,37)/t21-,22-,25-/m0/s1. The first-order chi connectivity index (χ1) is 20.0. The molecule has 1 aliphatic heterocycles. The molecule has 1 saturated heterocycles. The summed E-state index contributed by atoms with van der Waals surface area (Å²) < 4.78 is 0. The lowest BCUT2D eigenvalue weighted by atomic mass is 10.0. The van der Waals surface area contributed by atoms with E-state index in [1.54, 1.807) is 38.1 Å². The highest BCUT2D eigenvalue weighted by Gasteiger charge is 2.40. The predicted molar refractivity (Wildman–Crippen MR) is 151 cm³/mol. The largest absolute Gasteiger partial charge is 0.481 e. The number of carboxylic acids is 1. The van der Waals surface area contributed by atoms with Gasteiger partial charge in [0.25, 0.3) is 11.6 Å². The number of benzene rings is 2. The molecule has 1 fully saturated rings. The Morgan fingerprint density at radius 2 is 1.69 bits per heavy atom. The van der Waals surface area contributed by atoms with Crippen molar-refractivity contribution in [1.29, 1.82) is 0 Å². The van der Waals surface area contributed by atoms with Gasteiger partial charge in [-0.3, -0.25) is 39.1 Å². The van der Waals surface area contributed by atoms with Crippen molar-refractivity contribution >= 4 is 41.0 Å². The van der Waals surface area contributed by atoms with Gasteiger partial charge in [-0.15, -0.1) is 0 Å². The molecular formula is C28H34N6O8. The van der Waals surface area contributed by atoms with Crippen molar-refractivity contribution in [3.05, 3.63) is 70.3 Å². The first-order valence-corrected chi connectivity index (χ1v) is 13.4. The second-order valence-corrected chi connectivity index (χ2v) is 10.1. The molecule has 0 bridgehead atoms. The third-order valence-electron chi connectivity index (χ3n) is 6.63. The highest BCUT2D eigenvalue weighted by Crippen LogP contribution is 2.18. The summed E-state index contributed by atoms with van der Waals surface area (Å²) in [7, 11) is 0. The van der Waals surface area contributed by atoms with Crippen LogP contribution in [0.3, 0.4) is 0 Å². The number of nitro benzene ring substituents is 1. The summed E-state index contributed by atoms with van der Waals surface area (Å²) >= 11 is 0. The topological polar surface area (TPSA) is 200 Å². The number of non-ortho nitro benzene ring substituents is 1. The number of carbonyl (C=O) groups is 5. The first-order valence-electron chi connectivity index (χ1n) is 13.4. The van der Waals surface area contributed by atoms with Gasteiger partial charge in [-0.1, -0.05) is 44.2 Å². The van der Waals surface area contributed by atoms with Crippen LogP contribution in [0.5, 0.6) is 0 Å². The maximum Gasteiger partial charge on any atom is 0.303 e. The summed E-state index contributed by atoms with van der Waals surface area (Å²) in [5, 5.41) is 28.9. The predicted octanol–water partition coefficient (Wildman–Crippen LogP) is 1.37. The quantitative estimate of drug-likeness (QED) is 0.171. The second-order valence-electron chi connectivity index (χ2n) is 10.1. The highest BCUT2D eigenvalue weighted by molar-refractivity contribution is 5.99. The second kappa shape index (κ2) is 14.7. The van der Waals surface area contributed by atoms with Gasteiger partial charge in [0.2, 0.25) is 17.7 Å². The molecule has 0 aromatic heterocycles. The minimum absolute atomic E-state index is 0.133. The molecule has 14 heteroatoms. The van der Waals surface area contributed by atoms with Crippen LogP contribution in [0.2, 0.25) is 0 Å². The van der Waals surface area contributed by atoms with Crippen LogP contribution in [0.1, 0.15) is 38.7 Å². The van der Waals surface area contributed by atoms with Gasteiger partial charge in [-0.2, -0.15) is 0 Å². The fourth-order valence-electron chi connectivity index (χ4n) is 4.39. The number of hydrogen-bond acceptors (Lipinski definition) is 8. The lowest BCUT2D eigenvalue weighted by Gasteiger charge is -2.31. The summed E-state index contributed by atoms with van der Waals surface area (Å²) in [6.07, 6.45) is -0.304. The van der Waals surface area contributed by atoms with Crippen molar-refractivity contribution in [3.8, 4) is 0 Å². The van der Waals surface area contributed by atoms with Crippen LogP contribution in [0.4, 0.5) is 11.4 Å². The zero-order valence-electron chi connectivity index (χ0n) is 23.2.